The molecule has 78 valence electrons. The molecule has 0 aliphatic heterocycles. The molecule has 0 heterocycles. The summed E-state index contributed by atoms with van der Waals surface area (Å²) >= 11 is 0. The van der Waals surface area contributed by atoms with Crippen LogP contribution in [0.4, 0.5) is 0 Å². The maximum Gasteiger partial charge on any atom is 0.303 e. The van der Waals surface area contributed by atoms with Crippen molar-refractivity contribution in [3.63, 3.8) is 0 Å². The number of hydrogen-bond donors (Lipinski definition) is 0. The van der Waals surface area contributed by atoms with Crippen molar-refractivity contribution < 1.29 is 9.53 Å². The maximum atomic E-state index is 11.0. The van der Waals surface area contributed by atoms with Gasteiger partial charge in [0.25, 0.3) is 0 Å². The topological polar surface area (TPSA) is 26.3 Å². The zero-order valence-electron chi connectivity index (χ0n) is 9.33. The lowest BCUT2D eigenvalue weighted by molar-refractivity contribution is -0.178. The smallest absolute Gasteiger partial charge is 0.303 e. The lowest BCUT2D eigenvalue weighted by Gasteiger charge is -2.60. The molecule has 3 aliphatic carbocycles. The van der Waals surface area contributed by atoms with Crippen LogP contribution in [-0.2, 0) is 9.53 Å². The first kappa shape index (κ1) is 9.75. The molecule has 1 fully saturated rings. The quantitative estimate of drug-likeness (QED) is 0.473. The fourth-order valence-electron chi connectivity index (χ4n) is 3.10. The van der Waals surface area contributed by atoms with Crippen LogP contribution in [0.3, 0.4) is 0 Å². The molecule has 0 aromatic rings. The van der Waals surface area contributed by atoms with Gasteiger partial charge in [-0.2, -0.15) is 0 Å². The highest BCUT2D eigenvalue weighted by Gasteiger charge is 2.58. The number of ether oxygens (including phenoxy) is 1. The number of rotatable bonds is 1. The molecule has 0 unspecified atom stereocenters. The van der Waals surface area contributed by atoms with E-state index < -0.39 is 0 Å². The third-order valence-corrected chi connectivity index (χ3v) is 4.06. The third kappa shape index (κ3) is 1.13. The van der Waals surface area contributed by atoms with E-state index >= 15 is 0 Å². The summed E-state index contributed by atoms with van der Waals surface area (Å²) in [7, 11) is 0. The lowest BCUT2D eigenvalue weighted by atomic mass is 9.47. The van der Waals surface area contributed by atoms with Crippen molar-refractivity contribution in [2.45, 2.75) is 39.7 Å². The van der Waals surface area contributed by atoms with Crippen LogP contribution in [0.15, 0.2) is 12.2 Å². The van der Waals surface area contributed by atoms with Crippen LogP contribution in [-0.4, -0.2) is 11.6 Å². The zero-order valence-corrected chi connectivity index (χ0v) is 9.33. The molecule has 2 heteroatoms. The highest BCUT2D eigenvalue weighted by molar-refractivity contribution is 5.67. The molecule has 0 N–H and O–H groups in total. The predicted molar refractivity (Wildman–Crippen MR) is 54.7 cm³/mol. The third-order valence-electron chi connectivity index (χ3n) is 4.06. The lowest BCUT2D eigenvalue weighted by Crippen LogP contribution is -2.58. The van der Waals surface area contributed by atoms with Crippen LogP contribution in [0.25, 0.3) is 0 Å². The molecule has 3 aliphatic rings. The van der Waals surface area contributed by atoms with Gasteiger partial charge in [-0.3, -0.25) is 4.79 Å². The predicted octanol–water partition coefficient (Wildman–Crippen LogP) is 2.54. The summed E-state index contributed by atoms with van der Waals surface area (Å²) in [5.74, 6) is 0.975. The van der Waals surface area contributed by atoms with E-state index in [4.69, 9.17) is 4.74 Å². The molecule has 0 spiro atoms. The minimum absolute atomic E-state index is 0.182. The van der Waals surface area contributed by atoms with E-state index in [0.29, 0.717) is 17.3 Å². The fourth-order valence-corrected chi connectivity index (χ4v) is 3.10. The van der Waals surface area contributed by atoms with Crippen molar-refractivity contribution in [3.05, 3.63) is 12.2 Å². The Morgan fingerprint density at radius 2 is 2.07 bits per heavy atom. The monoisotopic (exact) mass is 194 g/mol. The Kier molecular flexibility index (Phi) is 1.82. The van der Waals surface area contributed by atoms with Gasteiger partial charge in [-0.25, -0.2) is 0 Å². The van der Waals surface area contributed by atoms with Gasteiger partial charge in [0, 0.05) is 12.8 Å². The number of carbonyl (C=O) groups is 1. The van der Waals surface area contributed by atoms with E-state index in [1.807, 2.05) is 6.92 Å². The van der Waals surface area contributed by atoms with Crippen molar-refractivity contribution in [3.8, 4) is 0 Å². The summed E-state index contributed by atoms with van der Waals surface area (Å²) in [5.41, 5.74) is -0.0803. The Balaban J connectivity index is 2.26. The Labute approximate surface area is 85.3 Å². The van der Waals surface area contributed by atoms with E-state index in [-0.39, 0.29) is 11.6 Å². The summed E-state index contributed by atoms with van der Waals surface area (Å²) in [6.07, 6.45) is 5.44. The highest BCUT2D eigenvalue weighted by atomic mass is 16.6. The van der Waals surface area contributed by atoms with Crippen LogP contribution in [0.5, 0.6) is 0 Å². The standard InChI is InChI=1S/C12H18O2/c1-8(13)14-12(4)6-5-9-7-10(12)11(9,2)3/h5-6,9-10H,7H2,1-4H3/t9-,10+,12-/m0/s1. The van der Waals surface area contributed by atoms with Gasteiger partial charge in [0.05, 0.1) is 0 Å². The van der Waals surface area contributed by atoms with E-state index in [1.54, 1.807) is 0 Å². The molecule has 2 bridgehead atoms. The first-order valence-electron chi connectivity index (χ1n) is 5.25. The summed E-state index contributed by atoms with van der Waals surface area (Å²) in [6.45, 7) is 8.03. The van der Waals surface area contributed by atoms with Gasteiger partial charge < -0.3 is 4.74 Å². The molecule has 0 radical (unpaired) electrons. The average Bonchev–Trinajstić information content (AvgIpc) is 2.00. The van der Waals surface area contributed by atoms with E-state index in [1.165, 1.54) is 6.92 Å². The number of allylic oxidation sites excluding steroid dienone is 1. The normalized spacial score (nSPS) is 42.9. The Hall–Kier alpha value is -0.790. The van der Waals surface area contributed by atoms with Gasteiger partial charge in [-0.1, -0.05) is 19.9 Å². The van der Waals surface area contributed by atoms with Gasteiger partial charge in [0.1, 0.15) is 5.60 Å². The Morgan fingerprint density at radius 1 is 1.43 bits per heavy atom. The second kappa shape index (κ2) is 2.62. The molecule has 3 rings (SSSR count). The molecule has 0 saturated heterocycles. The van der Waals surface area contributed by atoms with Gasteiger partial charge in [-0.15, -0.1) is 0 Å². The van der Waals surface area contributed by atoms with Crippen molar-refractivity contribution in [1.82, 2.24) is 0 Å². The van der Waals surface area contributed by atoms with Crippen molar-refractivity contribution in [1.29, 1.82) is 0 Å². The van der Waals surface area contributed by atoms with Crippen LogP contribution in [0.1, 0.15) is 34.1 Å². The van der Waals surface area contributed by atoms with Gasteiger partial charge in [0.15, 0.2) is 0 Å². The molecule has 0 aromatic heterocycles. The summed E-state index contributed by atoms with van der Waals surface area (Å²) in [5, 5.41) is 0. The number of esters is 1. The first-order valence-corrected chi connectivity index (χ1v) is 5.25. The van der Waals surface area contributed by atoms with Crippen LogP contribution < -0.4 is 0 Å². The number of fused-ring (bicyclic) bond motifs is 1. The second-order valence-electron chi connectivity index (χ2n) is 5.35. The van der Waals surface area contributed by atoms with Crippen molar-refractivity contribution >= 4 is 5.97 Å². The molecular formula is C12H18O2. The van der Waals surface area contributed by atoms with Crippen LogP contribution in [0.2, 0.25) is 0 Å². The largest absolute Gasteiger partial charge is 0.455 e. The zero-order chi connectivity index (χ0) is 10.6. The van der Waals surface area contributed by atoms with Crippen LogP contribution in [0, 0.1) is 17.3 Å². The Morgan fingerprint density at radius 3 is 2.50 bits per heavy atom. The summed E-state index contributed by atoms with van der Waals surface area (Å²) < 4.78 is 5.44. The van der Waals surface area contributed by atoms with Crippen molar-refractivity contribution in [2.75, 3.05) is 0 Å². The number of hydrogen-bond acceptors (Lipinski definition) is 2. The Bertz CT molecular complexity index is 303. The van der Waals surface area contributed by atoms with E-state index in [9.17, 15) is 4.79 Å². The summed E-state index contributed by atoms with van der Waals surface area (Å²) in [6, 6.07) is 0. The van der Waals surface area contributed by atoms with Gasteiger partial charge >= 0.3 is 5.97 Å². The molecule has 0 aromatic carbocycles. The average molecular weight is 194 g/mol. The van der Waals surface area contributed by atoms with Gasteiger partial charge in [0.2, 0.25) is 0 Å². The summed E-state index contributed by atoms with van der Waals surface area (Å²) in [4.78, 5) is 11.0. The molecule has 3 atom stereocenters. The van der Waals surface area contributed by atoms with E-state index in [0.717, 1.165) is 6.42 Å². The minimum atomic E-state index is -0.371. The fraction of sp³-hybridized carbons (Fsp3) is 0.750. The molecule has 0 amide bonds. The molecule has 14 heavy (non-hydrogen) atoms. The van der Waals surface area contributed by atoms with E-state index in [2.05, 4.69) is 26.0 Å². The molecular weight excluding hydrogens is 176 g/mol. The molecule has 2 nitrogen and oxygen atoms in total. The minimum Gasteiger partial charge on any atom is -0.455 e. The van der Waals surface area contributed by atoms with Crippen molar-refractivity contribution in [2.24, 2.45) is 17.3 Å². The SMILES string of the molecule is CC(=O)O[C@@]1(C)C=C[C@H]2C[C@@H]1C2(C)C. The highest BCUT2D eigenvalue weighted by Crippen LogP contribution is 2.60. The van der Waals surface area contributed by atoms with Gasteiger partial charge in [-0.05, 0) is 30.8 Å². The molecule has 1 saturated carbocycles. The second-order valence-corrected chi connectivity index (χ2v) is 5.35. The first-order chi connectivity index (χ1) is 6.36. The number of carbonyl (C=O) groups excluding carboxylic acids is 1. The van der Waals surface area contributed by atoms with Crippen LogP contribution >= 0.6 is 0 Å². The maximum absolute atomic E-state index is 11.0.